The summed E-state index contributed by atoms with van der Waals surface area (Å²) in [5, 5.41) is 10.0. The SMILES string of the molecule is CC1CCOC2CC(C)(C(O)CN)CCC12. The Bertz CT molecular complexity index is 246. The highest BCUT2D eigenvalue weighted by molar-refractivity contribution is 4.95. The molecule has 3 N–H and O–H groups in total. The van der Waals surface area contributed by atoms with E-state index in [4.69, 9.17) is 10.5 Å². The molecule has 0 aromatic heterocycles. The van der Waals surface area contributed by atoms with E-state index in [1.165, 1.54) is 12.8 Å². The second-order valence-corrected chi connectivity index (χ2v) is 5.99. The van der Waals surface area contributed by atoms with Crippen molar-refractivity contribution in [3.05, 3.63) is 0 Å². The normalized spacial score (nSPS) is 46.1. The molecule has 1 heterocycles. The van der Waals surface area contributed by atoms with Crippen molar-refractivity contribution in [2.75, 3.05) is 13.2 Å². The van der Waals surface area contributed by atoms with E-state index in [-0.39, 0.29) is 11.5 Å². The third-order valence-corrected chi connectivity index (χ3v) is 4.86. The average molecular weight is 227 g/mol. The van der Waals surface area contributed by atoms with Gasteiger partial charge in [0.1, 0.15) is 0 Å². The maximum absolute atomic E-state index is 10.0. The van der Waals surface area contributed by atoms with E-state index in [1.807, 2.05) is 0 Å². The second-order valence-electron chi connectivity index (χ2n) is 5.99. The Hall–Kier alpha value is -0.120. The molecule has 5 unspecified atom stereocenters. The Morgan fingerprint density at radius 3 is 2.94 bits per heavy atom. The molecule has 0 radical (unpaired) electrons. The summed E-state index contributed by atoms with van der Waals surface area (Å²) in [6.07, 6.45) is 4.40. The first-order valence-electron chi connectivity index (χ1n) is 6.56. The highest BCUT2D eigenvalue weighted by atomic mass is 16.5. The Kier molecular flexibility index (Phi) is 3.57. The zero-order valence-corrected chi connectivity index (χ0v) is 10.5. The zero-order chi connectivity index (χ0) is 11.8. The van der Waals surface area contributed by atoms with Crippen molar-refractivity contribution in [3.8, 4) is 0 Å². The Morgan fingerprint density at radius 2 is 2.25 bits per heavy atom. The van der Waals surface area contributed by atoms with Gasteiger partial charge in [0.25, 0.3) is 0 Å². The summed E-state index contributed by atoms with van der Waals surface area (Å²) in [6, 6.07) is 0. The Labute approximate surface area is 98.4 Å². The van der Waals surface area contributed by atoms with Crippen LogP contribution in [-0.2, 0) is 4.74 Å². The van der Waals surface area contributed by atoms with Crippen LogP contribution in [0.5, 0.6) is 0 Å². The van der Waals surface area contributed by atoms with Crippen LogP contribution in [0.4, 0.5) is 0 Å². The van der Waals surface area contributed by atoms with Crippen molar-refractivity contribution in [1.29, 1.82) is 0 Å². The minimum absolute atomic E-state index is 0.0347. The number of hydrogen-bond acceptors (Lipinski definition) is 3. The molecule has 0 amide bonds. The van der Waals surface area contributed by atoms with Crippen molar-refractivity contribution in [2.45, 2.75) is 51.7 Å². The highest BCUT2D eigenvalue weighted by Crippen LogP contribution is 2.46. The van der Waals surface area contributed by atoms with Crippen LogP contribution >= 0.6 is 0 Å². The summed E-state index contributed by atoms with van der Waals surface area (Å²) >= 11 is 0. The first kappa shape index (κ1) is 12.3. The van der Waals surface area contributed by atoms with Gasteiger partial charge in [0.15, 0.2) is 0 Å². The minimum Gasteiger partial charge on any atom is -0.391 e. The molecule has 0 aromatic carbocycles. The summed E-state index contributed by atoms with van der Waals surface area (Å²) in [5.41, 5.74) is 5.56. The van der Waals surface area contributed by atoms with E-state index >= 15 is 0 Å². The predicted molar refractivity (Wildman–Crippen MR) is 64.0 cm³/mol. The smallest absolute Gasteiger partial charge is 0.0716 e. The molecule has 16 heavy (non-hydrogen) atoms. The Morgan fingerprint density at radius 1 is 1.50 bits per heavy atom. The predicted octanol–water partition coefficient (Wildman–Crippen LogP) is 1.54. The van der Waals surface area contributed by atoms with Crippen molar-refractivity contribution >= 4 is 0 Å². The van der Waals surface area contributed by atoms with E-state index in [2.05, 4.69) is 13.8 Å². The second kappa shape index (κ2) is 4.63. The molecule has 1 saturated carbocycles. The molecule has 2 fully saturated rings. The zero-order valence-electron chi connectivity index (χ0n) is 10.5. The van der Waals surface area contributed by atoms with Gasteiger partial charge in [-0.25, -0.2) is 0 Å². The third kappa shape index (κ3) is 2.13. The van der Waals surface area contributed by atoms with Crippen LogP contribution < -0.4 is 5.73 Å². The van der Waals surface area contributed by atoms with Crippen LogP contribution in [0.25, 0.3) is 0 Å². The fraction of sp³-hybridized carbons (Fsp3) is 1.00. The lowest BCUT2D eigenvalue weighted by atomic mass is 9.63. The lowest BCUT2D eigenvalue weighted by Crippen LogP contribution is -2.49. The molecule has 1 aliphatic carbocycles. The van der Waals surface area contributed by atoms with Gasteiger partial charge >= 0.3 is 0 Å². The number of aliphatic hydroxyl groups excluding tert-OH is 1. The molecular formula is C13H25NO2. The third-order valence-electron chi connectivity index (χ3n) is 4.86. The monoisotopic (exact) mass is 227 g/mol. The molecule has 2 aliphatic rings. The molecular weight excluding hydrogens is 202 g/mol. The van der Waals surface area contributed by atoms with Crippen LogP contribution in [0.1, 0.15) is 39.5 Å². The van der Waals surface area contributed by atoms with Crippen LogP contribution in [0.2, 0.25) is 0 Å². The molecule has 1 saturated heterocycles. The van der Waals surface area contributed by atoms with E-state index in [0.717, 1.165) is 25.4 Å². The van der Waals surface area contributed by atoms with Gasteiger partial charge in [0.2, 0.25) is 0 Å². The molecule has 3 heteroatoms. The van der Waals surface area contributed by atoms with Crippen LogP contribution in [0.15, 0.2) is 0 Å². The van der Waals surface area contributed by atoms with Gasteiger partial charge in [-0.1, -0.05) is 13.8 Å². The number of ether oxygens (including phenoxy) is 1. The van der Waals surface area contributed by atoms with Crippen LogP contribution in [0, 0.1) is 17.3 Å². The highest BCUT2D eigenvalue weighted by Gasteiger charge is 2.44. The number of aliphatic hydroxyl groups is 1. The number of nitrogens with two attached hydrogens (primary N) is 1. The number of hydrogen-bond donors (Lipinski definition) is 2. The van der Waals surface area contributed by atoms with Crippen molar-refractivity contribution in [2.24, 2.45) is 23.0 Å². The first-order chi connectivity index (χ1) is 7.57. The quantitative estimate of drug-likeness (QED) is 0.752. The molecule has 0 bridgehead atoms. The summed E-state index contributed by atoms with van der Waals surface area (Å²) < 4.78 is 5.89. The fourth-order valence-electron chi connectivity index (χ4n) is 3.44. The largest absolute Gasteiger partial charge is 0.391 e. The summed E-state index contributed by atoms with van der Waals surface area (Å²) in [6.45, 7) is 5.74. The van der Waals surface area contributed by atoms with E-state index in [1.54, 1.807) is 0 Å². The van der Waals surface area contributed by atoms with Gasteiger partial charge < -0.3 is 15.6 Å². The molecule has 2 rings (SSSR count). The molecule has 1 aliphatic heterocycles. The summed E-state index contributed by atoms with van der Waals surface area (Å²) in [4.78, 5) is 0. The van der Waals surface area contributed by atoms with Crippen molar-refractivity contribution in [1.82, 2.24) is 0 Å². The Balaban J connectivity index is 2.04. The topological polar surface area (TPSA) is 55.5 Å². The lowest BCUT2D eigenvalue weighted by Gasteiger charge is -2.48. The van der Waals surface area contributed by atoms with E-state index in [0.29, 0.717) is 18.6 Å². The van der Waals surface area contributed by atoms with Gasteiger partial charge in [-0.05, 0) is 42.9 Å². The van der Waals surface area contributed by atoms with Crippen molar-refractivity contribution < 1.29 is 9.84 Å². The number of rotatable bonds is 2. The maximum Gasteiger partial charge on any atom is 0.0716 e. The van der Waals surface area contributed by atoms with Crippen LogP contribution in [0.3, 0.4) is 0 Å². The molecule has 94 valence electrons. The van der Waals surface area contributed by atoms with Gasteiger partial charge in [-0.15, -0.1) is 0 Å². The first-order valence-corrected chi connectivity index (χ1v) is 6.56. The van der Waals surface area contributed by atoms with E-state index in [9.17, 15) is 5.11 Å². The van der Waals surface area contributed by atoms with Crippen molar-refractivity contribution in [3.63, 3.8) is 0 Å². The maximum atomic E-state index is 10.0. The van der Waals surface area contributed by atoms with Crippen LogP contribution in [-0.4, -0.2) is 30.5 Å². The average Bonchev–Trinajstić information content (AvgIpc) is 2.28. The van der Waals surface area contributed by atoms with Gasteiger partial charge in [0, 0.05) is 13.2 Å². The van der Waals surface area contributed by atoms with Gasteiger partial charge in [-0.3, -0.25) is 0 Å². The van der Waals surface area contributed by atoms with Gasteiger partial charge in [-0.2, -0.15) is 0 Å². The standard InChI is InChI=1S/C13H25NO2/c1-9-4-6-16-11-7-13(2,12(15)8-14)5-3-10(9)11/h9-12,15H,3-8,14H2,1-2H3. The lowest BCUT2D eigenvalue weighted by molar-refractivity contribution is -0.123. The molecule has 3 nitrogen and oxygen atoms in total. The van der Waals surface area contributed by atoms with E-state index < -0.39 is 0 Å². The number of fused-ring (bicyclic) bond motifs is 1. The molecule has 0 spiro atoms. The molecule has 0 aromatic rings. The summed E-state index contributed by atoms with van der Waals surface area (Å²) in [7, 11) is 0. The fourth-order valence-corrected chi connectivity index (χ4v) is 3.44. The van der Waals surface area contributed by atoms with Gasteiger partial charge in [0.05, 0.1) is 12.2 Å². The molecule has 5 atom stereocenters. The minimum atomic E-state index is -0.380. The summed E-state index contributed by atoms with van der Waals surface area (Å²) in [5.74, 6) is 1.48.